The number of aromatic nitrogens is 2. The predicted octanol–water partition coefficient (Wildman–Crippen LogP) is 2.41. The van der Waals surface area contributed by atoms with Crippen molar-refractivity contribution in [2.75, 3.05) is 18.0 Å². The van der Waals surface area contributed by atoms with Gasteiger partial charge >= 0.3 is 0 Å². The molecule has 0 radical (unpaired) electrons. The first-order valence-electron chi connectivity index (χ1n) is 9.73. The van der Waals surface area contributed by atoms with Gasteiger partial charge in [0.05, 0.1) is 18.4 Å². The minimum atomic E-state index is -0.727. The van der Waals surface area contributed by atoms with E-state index in [2.05, 4.69) is 27.0 Å². The molecule has 7 nitrogen and oxygen atoms in total. The summed E-state index contributed by atoms with van der Waals surface area (Å²) in [4.78, 5) is 25.9. The third kappa shape index (κ3) is 2.64. The fourth-order valence-electron chi connectivity index (χ4n) is 4.71. The van der Waals surface area contributed by atoms with Crippen LogP contribution < -0.4 is 4.90 Å². The maximum atomic E-state index is 13.4. The zero-order valence-electron chi connectivity index (χ0n) is 15.5. The van der Waals surface area contributed by atoms with Gasteiger partial charge in [-0.25, -0.2) is 4.98 Å². The van der Waals surface area contributed by atoms with Crippen LogP contribution in [0.2, 0.25) is 0 Å². The molecule has 2 atom stereocenters. The standard InChI is InChI=1S/C21H21N5O2/c22-12-16-13-23-14-18(24-16)25-10-8-21(9-11-25)20(27)26-17(6-7-19(26)28-21)15-4-2-1-3-5-15/h1-5,13-14,17,19H,6-11H2. The third-order valence-electron chi connectivity index (χ3n) is 6.13. The number of rotatable bonds is 2. The molecule has 0 saturated carbocycles. The molecular formula is C21H21N5O2. The highest BCUT2D eigenvalue weighted by molar-refractivity contribution is 5.88. The molecule has 3 aliphatic rings. The average molecular weight is 375 g/mol. The Morgan fingerprint density at radius 2 is 1.93 bits per heavy atom. The molecule has 7 heteroatoms. The van der Waals surface area contributed by atoms with E-state index in [9.17, 15) is 4.79 Å². The third-order valence-corrected chi connectivity index (χ3v) is 6.13. The van der Waals surface area contributed by atoms with E-state index in [0.717, 1.165) is 12.8 Å². The van der Waals surface area contributed by atoms with Gasteiger partial charge < -0.3 is 14.5 Å². The monoisotopic (exact) mass is 375 g/mol. The second-order valence-corrected chi connectivity index (χ2v) is 7.64. The lowest BCUT2D eigenvalue weighted by atomic mass is 9.89. The number of hydrogen-bond acceptors (Lipinski definition) is 6. The lowest BCUT2D eigenvalue weighted by molar-refractivity contribution is -0.140. The first-order valence-corrected chi connectivity index (χ1v) is 9.73. The summed E-state index contributed by atoms with van der Waals surface area (Å²) in [7, 11) is 0. The molecule has 1 spiro atoms. The Morgan fingerprint density at radius 1 is 1.14 bits per heavy atom. The zero-order chi connectivity index (χ0) is 19.1. The normalized spacial score (nSPS) is 25.8. The number of hydrogen-bond donors (Lipinski definition) is 0. The van der Waals surface area contributed by atoms with Crippen molar-refractivity contribution in [3.63, 3.8) is 0 Å². The number of benzene rings is 1. The van der Waals surface area contributed by atoms with Crippen molar-refractivity contribution in [3.8, 4) is 6.07 Å². The zero-order valence-corrected chi connectivity index (χ0v) is 15.5. The summed E-state index contributed by atoms with van der Waals surface area (Å²) in [5.41, 5.74) is 0.756. The minimum Gasteiger partial charge on any atom is -0.355 e. The molecule has 28 heavy (non-hydrogen) atoms. The van der Waals surface area contributed by atoms with Crippen molar-refractivity contribution in [1.82, 2.24) is 14.9 Å². The van der Waals surface area contributed by atoms with Gasteiger partial charge in [-0.1, -0.05) is 30.3 Å². The molecule has 0 N–H and O–H groups in total. The summed E-state index contributed by atoms with van der Waals surface area (Å²) < 4.78 is 6.37. The van der Waals surface area contributed by atoms with Gasteiger partial charge in [-0.2, -0.15) is 5.26 Å². The summed E-state index contributed by atoms with van der Waals surface area (Å²) >= 11 is 0. The number of nitriles is 1. The highest BCUT2D eigenvalue weighted by atomic mass is 16.6. The molecule has 5 rings (SSSR count). The summed E-state index contributed by atoms with van der Waals surface area (Å²) in [6, 6.07) is 12.4. The maximum absolute atomic E-state index is 13.4. The molecule has 4 heterocycles. The number of amides is 1. The van der Waals surface area contributed by atoms with Gasteiger partial charge in [-0.05, 0) is 18.4 Å². The van der Waals surface area contributed by atoms with Crippen LogP contribution in [0, 0.1) is 11.3 Å². The van der Waals surface area contributed by atoms with Crippen molar-refractivity contribution < 1.29 is 9.53 Å². The topological polar surface area (TPSA) is 82.4 Å². The SMILES string of the molecule is N#Cc1cncc(N2CCC3(CC2)OC2CCC(c4ccccc4)N2C3=O)n1. The van der Waals surface area contributed by atoms with E-state index in [1.807, 2.05) is 29.2 Å². The van der Waals surface area contributed by atoms with Crippen LogP contribution in [0.1, 0.15) is 43.0 Å². The molecule has 0 bridgehead atoms. The summed E-state index contributed by atoms with van der Waals surface area (Å²) in [6.07, 6.45) is 6.07. The Labute approximate surface area is 163 Å². The van der Waals surface area contributed by atoms with E-state index < -0.39 is 5.60 Å². The van der Waals surface area contributed by atoms with Crippen LogP contribution in [0.15, 0.2) is 42.7 Å². The van der Waals surface area contributed by atoms with Crippen molar-refractivity contribution >= 4 is 11.7 Å². The smallest absolute Gasteiger partial charge is 0.257 e. The van der Waals surface area contributed by atoms with Crippen molar-refractivity contribution in [2.24, 2.45) is 0 Å². The Kier molecular flexibility index (Phi) is 4.02. The van der Waals surface area contributed by atoms with Crippen LogP contribution in [-0.2, 0) is 9.53 Å². The van der Waals surface area contributed by atoms with Crippen LogP contribution in [0.25, 0.3) is 0 Å². The number of fused-ring (bicyclic) bond motifs is 1. The number of carbonyl (C=O) groups is 1. The van der Waals surface area contributed by atoms with Gasteiger partial charge in [0.15, 0.2) is 11.3 Å². The van der Waals surface area contributed by atoms with E-state index in [0.29, 0.717) is 37.4 Å². The van der Waals surface area contributed by atoms with Gasteiger partial charge in [0, 0.05) is 25.9 Å². The predicted molar refractivity (Wildman–Crippen MR) is 101 cm³/mol. The van der Waals surface area contributed by atoms with Crippen molar-refractivity contribution in [1.29, 1.82) is 5.26 Å². The van der Waals surface area contributed by atoms with Crippen LogP contribution >= 0.6 is 0 Å². The first kappa shape index (κ1) is 17.1. The molecule has 3 saturated heterocycles. The maximum Gasteiger partial charge on any atom is 0.257 e. The second kappa shape index (κ2) is 6.57. The lowest BCUT2D eigenvalue weighted by Gasteiger charge is -2.38. The number of ether oxygens (including phenoxy) is 1. The lowest BCUT2D eigenvalue weighted by Crippen LogP contribution is -2.50. The molecule has 2 unspecified atom stereocenters. The second-order valence-electron chi connectivity index (χ2n) is 7.64. The quantitative estimate of drug-likeness (QED) is 0.802. The van der Waals surface area contributed by atoms with Crippen LogP contribution in [-0.4, -0.2) is 45.7 Å². The number of carbonyl (C=O) groups excluding carboxylic acids is 1. The van der Waals surface area contributed by atoms with Gasteiger partial charge in [0.2, 0.25) is 0 Å². The van der Waals surface area contributed by atoms with Crippen LogP contribution in [0.5, 0.6) is 0 Å². The fourth-order valence-corrected chi connectivity index (χ4v) is 4.71. The fraction of sp³-hybridized carbons (Fsp3) is 0.429. The highest BCUT2D eigenvalue weighted by Gasteiger charge is 2.57. The number of nitrogens with zero attached hydrogens (tertiary/aromatic N) is 5. The molecular weight excluding hydrogens is 354 g/mol. The first-order chi connectivity index (χ1) is 13.7. The van der Waals surface area contributed by atoms with E-state index in [-0.39, 0.29) is 18.2 Å². The Morgan fingerprint density at radius 3 is 2.68 bits per heavy atom. The van der Waals surface area contributed by atoms with E-state index in [4.69, 9.17) is 10.00 Å². The van der Waals surface area contributed by atoms with Crippen molar-refractivity contribution in [3.05, 3.63) is 54.0 Å². The number of piperidine rings is 1. The largest absolute Gasteiger partial charge is 0.355 e. The molecule has 1 aromatic carbocycles. The number of anilines is 1. The minimum absolute atomic E-state index is 0.106. The van der Waals surface area contributed by atoms with Gasteiger partial charge in [-0.15, -0.1) is 0 Å². The van der Waals surface area contributed by atoms with Crippen LogP contribution in [0.3, 0.4) is 0 Å². The molecule has 1 amide bonds. The summed E-state index contributed by atoms with van der Waals surface area (Å²) in [5.74, 6) is 0.808. The summed E-state index contributed by atoms with van der Waals surface area (Å²) in [5, 5.41) is 9.03. The van der Waals surface area contributed by atoms with E-state index in [1.165, 1.54) is 11.8 Å². The van der Waals surface area contributed by atoms with Gasteiger partial charge in [0.25, 0.3) is 5.91 Å². The Balaban J connectivity index is 1.33. The molecule has 3 fully saturated rings. The average Bonchev–Trinajstić information content (AvgIpc) is 3.27. The Hall–Kier alpha value is -2.98. The highest BCUT2D eigenvalue weighted by Crippen LogP contribution is 2.47. The van der Waals surface area contributed by atoms with Gasteiger partial charge in [-0.3, -0.25) is 9.78 Å². The molecule has 142 valence electrons. The Bertz CT molecular complexity index is 933. The molecule has 3 aliphatic heterocycles. The molecule has 1 aromatic heterocycles. The van der Waals surface area contributed by atoms with Crippen molar-refractivity contribution in [2.45, 2.75) is 43.6 Å². The summed E-state index contributed by atoms with van der Waals surface area (Å²) in [6.45, 7) is 1.32. The van der Waals surface area contributed by atoms with Crippen LogP contribution in [0.4, 0.5) is 5.82 Å². The van der Waals surface area contributed by atoms with E-state index in [1.54, 1.807) is 6.20 Å². The van der Waals surface area contributed by atoms with Gasteiger partial charge in [0.1, 0.15) is 18.1 Å². The van der Waals surface area contributed by atoms with E-state index >= 15 is 0 Å². The molecule has 0 aliphatic carbocycles. The molecule has 2 aromatic rings.